The van der Waals surface area contributed by atoms with Gasteiger partial charge in [-0.25, -0.2) is 0 Å². The van der Waals surface area contributed by atoms with E-state index in [2.05, 4.69) is 94.7 Å². The second kappa shape index (κ2) is 9.88. The van der Waals surface area contributed by atoms with Gasteiger partial charge in [0.05, 0.1) is 0 Å². The molecule has 4 aromatic carbocycles. The third-order valence-electron chi connectivity index (χ3n) is 6.06. The van der Waals surface area contributed by atoms with Crippen molar-refractivity contribution in [2.24, 2.45) is 0 Å². The molecule has 2 nitrogen and oxygen atoms in total. The van der Waals surface area contributed by atoms with E-state index in [4.69, 9.17) is 0 Å². The SMILES string of the molecule is [Pt+4].[c-]1ccc2ccccc2c1CN1CCCN(Cc2[c-]ccc3ccccc23)CC1. The Kier molecular flexibility index (Phi) is 7.00. The Morgan fingerprint density at radius 2 is 1.07 bits per heavy atom. The van der Waals surface area contributed by atoms with Gasteiger partial charge < -0.3 is 0 Å². The first-order valence-corrected chi connectivity index (χ1v) is 10.6. The van der Waals surface area contributed by atoms with Crippen molar-refractivity contribution in [2.75, 3.05) is 26.2 Å². The molecule has 0 N–H and O–H groups in total. The summed E-state index contributed by atoms with van der Waals surface area (Å²) >= 11 is 0. The molecule has 30 heavy (non-hydrogen) atoms. The Balaban J connectivity index is 0.00000218. The van der Waals surface area contributed by atoms with E-state index < -0.39 is 0 Å². The number of rotatable bonds is 4. The quantitative estimate of drug-likeness (QED) is 0.306. The molecule has 3 heteroatoms. The molecule has 0 unspecified atom stereocenters. The van der Waals surface area contributed by atoms with Crippen LogP contribution in [-0.2, 0) is 34.2 Å². The van der Waals surface area contributed by atoms with Crippen molar-refractivity contribution in [3.63, 3.8) is 0 Å². The summed E-state index contributed by atoms with van der Waals surface area (Å²) in [4.78, 5) is 5.18. The van der Waals surface area contributed by atoms with Crippen molar-refractivity contribution in [1.29, 1.82) is 0 Å². The summed E-state index contributed by atoms with van der Waals surface area (Å²) in [7, 11) is 0. The van der Waals surface area contributed by atoms with Gasteiger partial charge in [-0.05, 0) is 19.5 Å². The standard InChI is InChI=1S/C27H26N2.Pt/c1-3-14-26-22(8-1)10-5-12-24(26)20-28-16-7-17-29(19-18-28)21-25-13-6-11-23-9-2-4-15-27(23)25;/h1-6,8-11,14-15H,7,16-21H2;/q-2;+4. The Labute approximate surface area is 193 Å². The van der Waals surface area contributed by atoms with Crippen LogP contribution in [0, 0.1) is 12.1 Å². The maximum atomic E-state index is 3.49. The van der Waals surface area contributed by atoms with Crippen LogP contribution in [0.5, 0.6) is 0 Å². The Bertz CT molecular complexity index is 1020. The first kappa shape index (κ1) is 21.2. The predicted molar refractivity (Wildman–Crippen MR) is 121 cm³/mol. The van der Waals surface area contributed by atoms with Gasteiger partial charge in [0.1, 0.15) is 0 Å². The Morgan fingerprint density at radius 1 is 0.600 bits per heavy atom. The fourth-order valence-electron chi connectivity index (χ4n) is 4.50. The number of hydrogen-bond acceptors (Lipinski definition) is 2. The molecule has 5 rings (SSSR count). The van der Waals surface area contributed by atoms with Crippen molar-refractivity contribution in [3.05, 3.63) is 96.1 Å². The summed E-state index contributed by atoms with van der Waals surface area (Å²) in [5.41, 5.74) is 2.64. The van der Waals surface area contributed by atoms with E-state index >= 15 is 0 Å². The second-order valence-electron chi connectivity index (χ2n) is 7.99. The minimum absolute atomic E-state index is 0. The third kappa shape index (κ3) is 4.67. The number of fused-ring (bicyclic) bond motifs is 2. The Hall–Kier alpha value is -1.99. The van der Waals surface area contributed by atoms with Gasteiger partial charge in [-0.1, -0.05) is 36.4 Å². The van der Waals surface area contributed by atoms with Crippen LogP contribution < -0.4 is 0 Å². The van der Waals surface area contributed by atoms with E-state index in [0.29, 0.717) is 0 Å². The molecule has 1 aliphatic rings. The van der Waals surface area contributed by atoms with Gasteiger partial charge in [0.15, 0.2) is 0 Å². The summed E-state index contributed by atoms with van der Waals surface area (Å²) in [5, 5.41) is 5.29. The fourth-order valence-corrected chi connectivity index (χ4v) is 4.50. The largest absolute Gasteiger partial charge is 4.00 e. The molecule has 152 valence electrons. The normalized spacial score (nSPS) is 15.7. The van der Waals surface area contributed by atoms with Crippen LogP contribution in [0.1, 0.15) is 17.5 Å². The third-order valence-corrected chi connectivity index (χ3v) is 6.06. The van der Waals surface area contributed by atoms with Crippen LogP contribution in [0.3, 0.4) is 0 Å². The van der Waals surface area contributed by atoms with Crippen LogP contribution in [0.4, 0.5) is 0 Å². The zero-order valence-electron chi connectivity index (χ0n) is 17.1. The topological polar surface area (TPSA) is 6.48 Å². The molecule has 1 aliphatic heterocycles. The molecule has 0 saturated carbocycles. The number of nitrogens with zero attached hydrogens (tertiary/aromatic N) is 2. The maximum absolute atomic E-state index is 3.49. The zero-order valence-corrected chi connectivity index (χ0v) is 19.4. The van der Waals surface area contributed by atoms with Crippen molar-refractivity contribution in [2.45, 2.75) is 19.5 Å². The molecule has 0 aliphatic carbocycles. The molecular weight excluding hydrogens is 547 g/mol. The van der Waals surface area contributed by atoms with Gasteiger partial charge in [-0.15, -0.1) is 44.8 Å². The molecule has 0 atom stereocenters. The summed E-state index contributed by atoms with van der Waals surface area (Å²) in [6.45, 7) is 6.45. The minimum Gasteiger partial charge on any atom is -0.300 e. The van der Waals surface area contributed by atoms with Crippen molar-refractivity contribution in [1.82, 2.24) is 9.80 Å². The fraction of sp³-hybridized carbons (Fsp3) is 0.259. The van der Waals surface area contributed by atoms with E-state index in [9.17, 15) is 0 Å². The molecule has 4 aromatic rings. The summed E-state index contributed by atoms with van der Waals surface area (Å²) in [6, 6.07) is 32.7. The molecule has 0 aromatic heterocycles. The molecular formula is C27H26N2Pt+2. The number of benzene rings is 4. The predicted octanol–water partition coefficient (Wildman–Crippen LogP) is 5.30. The smallest absolute Gasteiger partial charge is 0.300 e. The van der Waals surface area contributed by atoms with Gasteiger partial charge in [0.25, 0.3) is 0 Å². The Morgan fingerprint density at radius 3 is 1.57 bits per heavy atom. The maximum Gasteiger partial charge on any atom is 4.00 e. The molecule has 0 bridgehead atoms. The average Bonchev–Trinajstić information content (AvgIpc) is 2.99. The minimum atomic E-state index is 0. The van der Waals surface area contributed by atoms with Gasteiger partial charge in [-0.3, -0.25) is 9.80 Å². The first-order chi connectivity index (χ1) is 14.4. The van der Waals surface area contributed by atoms with Gasteiger partial charge >= 0.3 is 21.1 Å². The van der Waals surface area contributed by atoms with Crippen LogP contribution in [0.25, 0.3) is 21.5 Å². The molecule has 1 heterocycles. The van der Waals surface area contributed by atoms with Crippen LogP contribution in [0.15, 0.2) is 72.8 Å². The van der Waals surface area contributed by atoms with Crippen molar-refractivity contribution < 1.29 is 21.1 Å². The zero-order chi connectivity index (χ0) is 19.5. The van der Waals surface area contributed by atoms with E-state index in [1.165, 1.54) is 39.1 Å². The van der Waals surface area contributed by atoms with E-state index in [0.717, 1.165) is 39.3 Å². The molecule has 0 radical (unpaired) electrons. The van der Waals surface area contributed by atoms with E-state index in [-0.39, 0.29) is 21.1 Å². The molecule has 0 amide bonds. The van der Waals surface area contributed by atoms with E-state index in [1.807, 2.05) is 0 Å². The van der Waals surface area contributed by atoms with Gasteiger partial charge in [0.2, 0.25) is 0 Å². The van der Waals surface area contributed by atoms with Gasteiger partial charge in [-0.2, -0.15) is 36.4 Å². The van der Waals surface area contributed by atoms with Crippen molar-refractivity contribution >= 4 is 21.5 Å². The summed E-state index contributed by atoms with van der Waals surface area (Å²) < 4.78 is 0. The number of hydrogen-bond donors (Lipinski definition) is 0. The van der Waals surface area contributed by atoms with Crippen LogP contribution in [0.2, 0.25) is 0 Å². The first-order valence-electron chi connectivity index (χ1n) is 10.6. The van der Waals surface area contributed by atoms with E-state index in [1.54, 1.807) is 0 Å². The summed E-state index contributed by atoms with van der Waals surface area (Å²) in [5.74, 6) is 0. The molecule has 0 spiro atoms. The monoisotopic (exact) mass is 573 g/mol. The second-order valence-corrected chi connectivity index (χ2v) is 7.99. The van der Waals surface area contributed by atoms with Crippen molar-refractivity contribution in [3.8, 4) is 0 Å². The summed E-state index contributed by atoms with van der Waals surface area (Å²) in [6.07, 6.45) is 1.20. The van der Waals surface area contributed by atoms with Crippen LogP contribution in [-0.4, -0.2) is 36.0 Å². The van der Waals surface area contributed by atoms with Gasteiger partial charge in [0, 0.05) is 26.2 Å². The molecule has 1 saturated heterocycles. The van der Waals surface area contributed by atoms with Crippen LogP contribution >= 0.6 is 0 Å². The average molecular weight is 574 g/mol. The molecule has 1 fully saturated rings.